The molecule has 1 amide bonds. The van der Waals surface area contributed by atoms with Gasteiger partial charge in [-0.15, -0.1) is 0 Å². The number of hydrogen-bond acceptors (Lipinski definition) is 3. The number of hydrogen-bond donors (Lipinski definition) is 2. The third kappa shape index (κ3) is 6.02. The van der Waals surface area contributed by atoms with Gasteiger partial charge >= 0.3 is 12.1 Å². The molecule has 0 saturated heterocycles. The molecule has 2 unspecified atom stereocenters. The number of carbonyl (C=O) groups is 2. The first-order valence-corrected chi connectivity index (χ1v) is 6.42. The van der Waals surface area contributed by atoms with Crippen LogP contribution in [0.25, 0.3) is 0 Å². The summed E-state index contributed by atoms with van der Waals surface area (Å²) < 4.78 is 42.1. The zero-order valence-corrected chi connectivity index (χ0v) is 12.0. The van der Waals surface area contributed by atoms with Crippen LogP contribution in [0.1, 0.15) is 18.9 Å². The van der Waals surface area contributed by atoms with Crippen molar-refractivity contribution in [3.8, 4) is 5.75 Å². The van der Waals surface area contributed by atoms with Gasteiger partial charge in [0.2, 0.25) is 0 Å². The summed E-state index contributed by atoms with van der Waals surface area (Å²) in [6.45, 7) is 3.13. The Kier molecular flexibility index (Phi) is 5.78. The van der Waals surface area contributed by atoms with Crippen molar-refractivity contribution in [1.29, 1.82) is 0 Å². The number of aliphatic carboxylic acids is 1. The van der Waals surface area contributed by atoms with E-state index >= 15 is 0 Å². The molecule has 1 aromatic rings. The summed E-state index contributed by atoms with van der Waals surface area (Å²) in [5.41, 5.74) is 0.880. The lowest BCUT2D eigenvalue weighted by Crippen LogP contribution is -2.48. The molecule has 2 N–H and O–H groups in total. The highest BCUT2D eigenvalue weighted by atomic mass is 19.4. The molecule has 0 heterocycles. The third-order valence-corrected chi connectivity index (χ3v) is 2.72. The van der Waals surface area contributed by atoms with Gasteiger partial charge in [-0.05, 0) is 31.5 Å². The van der Waals surface area contributed by atoms with Crippen molar-refractivity contribution in [2.75, 3.05) is 0 Å². The van der Waals surface area contributed by atoms with Crippen molar-refractivity contribution in [2.24, 2.45) is 0 Å². The van der Waals surface area contributed by atoms with Crippen LogP contribution < -0.4 is 10.1 Å². The number of benzene rings is 1. The molecule has 0 radical (unpaired) electrons. The van der Waals surface area contributed by atoms with Crippen LogP contribution in [0.4, 0.5) is 13.2 Å². The second-order valence-corrected chi connectivity index (χ2v) is 4.80. The summed E-state index contributed by atoms with van der Waals surface area (Å²) in [5, 5.41) is 10.6. The lowest BCUT2D eigenvalue weighted by atomic mass is 10.2. The number of aryl methyl sites for hydroxylation is 1. The molecule has 0 aromatic heterocycles. The highest BCUT2D eigenvalue weighted by Gasteiger charge is 2.37. The first-order chi connectivity index (χ1) is 10.1. The monoisotopic (exact) mass is 319 g/mol. The van der Waals surface area contributed by atoms with E-state index < -0.39 is 36.6 Å². The average Bonchev–Trinajstić information content (AvgIpc) is 2.36. The van der Waals surface area contributed by atoms with E-state index in [1.807, 2.05) is 5.32 Å². The lowest BCUT2D eigenvalue weighted by molar-refractivity contribution is -0.160. The maximum absolute atomic E-state index is 12.3. The highest BCUT2D eigenvalue weighted by Crippen LogP contribution is 2.22. The number of carboxylic acids is 1. The number of rotatable bonds is 6. The van der Waals surface area contributed by atoms with Crippen LogP contribution in [0.5, 0.6) is 5.75 Å². The Morgan fingerprint density at radius 1 is 1.36 bits per heavy atom. The van der Waals surface area contributed by atoms with Crippen molar-refractivity contribution >= 4 is 11.9 Å². The van der Waals surface area contributed by atoms with Gasteiger partial charge in [-0.3, -0.25) is 4.79 Å². The quantitative estimate of drug-likeness (QED) is 0.843. The SMILES string of the molecule is Cc1cccc(OC(C)C(=O)NC(CC(F)(F)F)C(=O)O)c1. The Bertz CT molecular complexity index is 545. The molecule has 0 fully saturated rings. The topological polar surface area (TPSA) is 75.6 Å². The van der Waals surface area contributed by atoms with Crippen LogP contribution in [0.15, 0.2) is 24.3 Å². The minimum atomic E-state index is -4.70. The first kappa shape index (κ1) is 17.8. The predicted molar refractivity (Wildman–Crippen MR) is 71.5 cm³/mol. The van der Waals surface area contributed by atoms with E-state index in [4.69, 9.17) is 9.84 Å². The van der Waals surface area contributed by atoms with Gasteiger partial charge in [-0.2, -0.15) is 13.2 Å². The Hall–Kier alpha value is -2.25. The lowest BCUT2D eigenvalue weighted by Gasteiger charge is -2.20. The molecule has 1 rings (SSSR count). The summed E-state index contributed by atoms with van der Waals surface area (Å²) in [7, 11) is 0. The van der Waals surface area contributed by atoms with Crippen molar-refractivity contribution in [3.05, 3.63) is 29.8 Å². The summed E-state index contributed by atoms with van der Waals surface area (Å²) in [6, 6.07) is 4.69. The Morgan fingerprint density at radius 2 is 2.00 bits per heavy atom. The summed E-state index contributed by atoms with van der Waals surface area (Å²) in [6.07, 6.45) is -7.47. The molecule has 2 atom stereocenters. The molecule has 0 bridgehead atoms. The number of carbonyl (C=O) groups excluding carboxylic acids is 1. The van der Waals surface area contributed by atoms with Crippen molar-refractivity contribution < 1.29 is 32.6 Å². The number of alkyl halides is 3. The third-order valence-electron chi connectivity index (χ3n) is 2.72. The second-order valence-electron chi connectivity index (χ2n) is 4.80. The number of carboxylic acid groups (broad SMARTS) is 1. The fraction of sp³-hybridized carbons (Fsp3) is 0.429. The van der Waals surface area contributed by atoms with E-state index in [1.54, 1.807) is 31.2 Å². The largest absolute Gasteiger partial charge is 0.481 e. The molecule has 0 aliphatic rings. The summed E-state index contributed by atoms with van der Waals surface area (Å²) in [5.74, 6) is -2.32. The molecular formula is C14H16F3NO4. The van der Waals surface area contributed by atoms with E-state index in [-0.39, 0.29) is 0 Å². The summed E-state index contributed by atoms with van der Waals surface area (Å²) >= 11 is 0. The van der Waals surface area contributed by atoms with Gasteiger partial charge in [-0.25, -0.2) is 4.79 Å². The Morgan fingerprint density at radius 3 is 2.50 bits per heavy atom. The molecular weight excluding hydrogens is 303 g/mol. The van der Waals surface area contributed by atoms with Crippen LogP contribution in [-0.2, 0) is 9.59 Å². The minimum absolute atomic E-state index is 0.366. The smallest absolute Gasteiger partial charge is 0.391 e. The maximum Gasteiger partial charge on any atom is 0.391 e. The van der Waals surface area contributed by atoms with Crippen molar-refractivity contribution in [1.82, 2.24) is 5.32 Å². The van der Waals surface area contributed by atoms with Crippen LogP contribution in [0, 0.1) is 6.92 Å². The number of amides is 1. The molecule has 0 spiro atoms. The van der Waals surface area contributed by atoms with Crippen LogP contribution >= 0.6 is 0 Å². The van der Waals surface area contributed by atoms with E-state index in [9.17, 15) is 22.8 Å². The van der Waals surface area contributed by atoms with Crippen LogP contribution in [0.2, 0.25) is 0 Å². The fourth-order valence-electron chi connectivity index (χ4n) is 1.67. The molecule has 122 valence electrons. The minimum Gasteiger partial charge on any atom is -0.481 e. The first-order valence-electron chi connectivity index (χ1n) is 6.42. The van der Waals surface area contributed by atoms with Gasteiger partial charge < -0.3 is 15.2 Å². The zero-order valence-electron chi connectivity index (χ0n) is 12.0. The van der Waals surface area contributed by atoms with Gasteiger partial charge in [0.1, 0.15) is 11.8 Å². The van der Waals surface area contributed by atoms with Crippen molar-refractivity contribution in [3.63, 3.8) is 0 Å². The highest BCUT2D eigenvalue weighted by molar-refractivity contribution is 5.86. The van der Waals surface area contributed by atoms with E-state index in [0.717, 1.165) is 5.56 Å². The van der Waals surface area contributed by atoms with Crippen LogP contribution in [0.3, 0.4) is 0 Å². The van der Waals surface area contributed by atoms with Crippen molar-refractivity contribution in [2.45, 2.75) is 38.6 Å². The molecule has 0 aliphatic carbocycles. The second kappa shape index (κ2) is 7.15. The molecule has 22 heavy (non-hydrogen) atoms. The molecule has 0 aliphatic heterocycles. The standard InChI is InChI=1S/C14H16F3NO4/c1-8-4-3-5-10(6-8)22-9(2)12(19)18-11(13(20)21)7-14(15,16)17/h3-6,9,11H,7H2,1-2H3,(H,18,19)(H,20,21). The fourth-order valence-corrected chi connectivity index (χ4v) is 1.67. The molecule has 8 heteroatoms. The van der Waals surface area contributed by atoms with Crippen LogP contribution in [-0.4, -0.2) is 35.3 Å². The van der Waals surface area contributed by atoms with E-state index in [0.29, 0.717) is 5.75 Å². The molecule has 0 saturated carbocycles. The average molecular weight is 319 g/mol. The maximum atomic E-state index is 12.3. The number of nitrogens with one attached hydrogen (secondary N) is 1. The predicted octanol–water partition coefficient (Wildman–Crippen LogP) is 2.28. The number of halogens is 3. The molecule has 1 aromatic carbocycles. The summed E-state index contributed by atoms with van der Waals surface area (Å²) in [4.78, 5) is 22.5. The van der Waals surface area contributed by atoms with Gasteiger partial charge in [-0.1, -0.05) is 12.1 Å². The normalized spacial score (nSPS) is 14.0. The number of ether oxygens (including phenoxy) is 1. The zero-order chi connectivity index (χ0) is 16.9. The van der Waals surface area contributed by atoms with Gasteiger partial charge in [0.05, 0.1) is 6.42 Å². The van der Waals surface area contributed by atoms with E-state index in [2.05, 4.69) is 0 Å². The van der Waals surface area contributed by atoms with Gasteiger partial charge in [0.15, 0.2) is 6.10 Å². The van der Waals surface area contributed by atoms with Gasteiger partial charge in [0, 0.05) is 0 Å². The Labute approximate surface area is 125 Å². The molecule has 5 nitrogen and oxygen atoms in total. The Balaban J connectivity index is 2.67. The van der Waals surface area contributed by atoms with Gasteiger partial charge in [0.25, 0.3) is 5.91 Å². The van der Waals surface area contributed by atoms with E-state index in [1.165, 1.54) is 6.92 Å².